The lowest BCUT2D eigenvalue weighted by molar-refractivity contribution is 1.24. The lowest BCUT2D eigenvalue weighted by Gasteiger charge is -2.31. The molecule has 3 heteroatoms. The first-order valence-corrected chi connectivity index (χ1v) is 13.7. The Morgan fingerprint density at radius 3 is 1.77 bits per heavy atom. The standard InChI is InChI=1S/C37H33N3/c1-26-14-12-22-33(28(26)3)39-36-35(38-34-23-13-16-29-15-10-11-21-32(29)34)25-24-27(2)37(36)40(30-17-6-4-7-18-30)31-19-8-5-9-20-31/h4-25,38-39H,1-3H3. The van der Waals surface area contributed by atoms with Crippen molar-refractivity contribution in [2.75, 3.05) is 15.5 Å². The largest absolute Gasteiger partial charge is 0.353 e. The summed E-state index contributed by atoms with van der Waals surface area (Å²) in [5, 5.41) is 10.1. The third-order valence-electron chi connectivity index (χ3n) is 7.56. The van der Waals surface area contributed by atoms with E-state index in [0.717, 1.165) is 39.8 Å². The first-order valence-electron chi connectivity index (χ1n) is 13.7. The number of nitrogens with zero attached hydrogens (tertiary/aromatic N) is 1. The molecule has 0 aliphatic heterocycles. The van der Waals surface area contributed by atoms with Crippen LogP contribution in [0.5, 0.6) is 0 Å². The van der Waals surface area contributed by atoms with Crippen molar-refractivity contribution in [1.29, 1.82) is 0 Å². The van der Waals surface area contributed by atoms with Gasteiger partial charge in [-0.15, -0.1) is 0 Å². The molecule has 0 aromatic heterocycles. The molecule has 2 N–H and O–H groups in total. The van der Waals surface area contributed by atoms with Gasteiger partial charge < -0.3 is 15.5 Å². The second-order valence-electron chi connectivity index (χ2n) is 10.2. The lowest BCUT2D eigenvalue weighted by atomic mass is 10.0. The highest BCUT2D eigenvalue weighted by Crippen LogP contribution is 2.46. The molecule has 0 saturated heterocycles. The molecular formula is C37H33N3. The Hall–Kier alpha value is -5.02. The molecular weight excluding hydrogens is 486 g/mol. The van der Waals surface area contributed by atoms with Gasteiger partial charge in [0.2, 0.25) is 0 Å². The van der Waals surface area contributed by atoms with Gasteiger partial charge in [-0.3, -0.25) is 0 Å². The minimum atomic E-state index is 1.01. The minimum absolute atomic E-state index is 1.01. The van der Waals surface area contributed by atoms with Crippen LogP contribution >= 0.6 is 0 Å². The molecule has 0 atom stereocenters. The number of hydrogen-bond acceptors (Lipinski definition) is 3. The second-order valence-corrected chi connectivity index (χ2v) is 10.2. The van der Waals surface area contributed by atoms with E-state index in [9.17, 15) is 0 Å². The lowest BCUT2D eigenvalue weighted by Crippen LogP contribution is -2.14. The van der Waals surface area contributed by atoms with Crippen LogP contribution in [0.4, 0.5) is 39.8 Å². The molecule has 0 saturated carbocycles. The highest BCUT2D eigenvalue weighted by Gasteiger charge is 2.22. The van der Waals surface area contributed by atoms with Crippen LogP contribution in [0.3, 0.4) is 0 Å². The van der Waals surface area contributed by atoms with Crippen molar-refractivity contribution in [2.24, 2.45) is 0 Å². The molecule has 0 unspecified atom stereocenters. The van der Waals surface area contributed by atoms with Gasteiger partial charge in [0.05, 0.1) is 17.1 Å². The van der Waals surface area contributed by atoms with Gasteiger partial charge in [0.1, 0.15) is 0 Å². The smallest absolute Gasteiger partial charge is 0.0871 e. The third-order valence-corrected chi connectivity index (χ3v) is 7.56. The fourth-order valence-electron chi connectivity index (χ4n) is 5.28. The SMILES string of the molecule is Cc1cccc(Nc2c(Nc3cccc4ccccc34)ccc(C)c2N(c2ccccc2)c2ccccc2)c1C. The number of fused-ring (bicyclic) bond motifs is 1. The summed E-state index contributed by atoms with van der Waals surface area (Å²) in [4.78, 5) is 2.34. The van der Waals surface area contributed by atoms with Gasteiger partial charge in [0.15, 0.2) is 0 Å². The van der Waals surface area contributed by atoms with Crippen LogP contribution in [0.1, 0.15) is 16.7 Å². The second kappa shape index (κ2) is 11.0. The summed E-state index contributed by atoms with van der Waals surface area (Å²) in [6, 6.07) is 46.9. The first-order chi connectivity index (χ1) is 19.6. The molecule has 6 aromatic carbocycles. The summed E-state index contributed by atoms with van der Waals surface area (Å²) in [7, 11) is 0. The van der Waals surface area contributed by atoms with E-state index >= 15 is 0 Å². The first kappa shape index (κ1) is 25.3. The summed E-state index contributed by atoms with van der Waals surface area (Å²) < 4.78 is 0. The van der Waals surface area contributed by atoms with Gasteiger partial charge in [-0.1, -0.05) is 91.0 Å². The quantitative estimate of drug-likeness (QED) is 0.220. The maximum atomic E-state index is 3.88. The van der Waals surface area contributed by atoms with E-state index in [1.807, 2.05) is 0 Å². The normalized spacial score (nSPS) is 10.9. The fraction of sp³-hybridized carbons (Fsp3) is 0.0811. The molecule has 0 fully saturated rings. The molecule has 3 nitrogen and oxygen atoms in total. The topological polar surface area (TPSA) is 27.3 Å². The van der Waals surface area contributed by atoms with Crippen molar-refractivity contribution in [2.45, 2.75) is 20.8 Å². The zero-order valence-corrected chi connectivity index (χ0v) is 23.1. The third kappa shape index (κ3) is 4.90. The van der Waals surface area contributed by atoms with E-state index in [-0.39, 0.29) is 0 Å². The molecule has 196 valence electrons. The molecule has 6 aromatic rings. The monoisotopic (exact) mass is 519 g/mol. The van der Waals surface area contributed by atoms with Crippen molar-refractivity contribution < 1.29 is 0 Å². The number of rotatable bonds is 7. The van der Waals surface area contributed by atoms with Crippen LogP contribution in [0.15, 0.2) is 133 Å². The molecule has 0 bridgehead atoms. The maximum absolute atomic E-state index is 3.88. The Balaban J connectivity index is 1.60. The van der Waals surface area contributed by atoms with Gasteiger partial charge in [0, 0.05) is 28.1 Å². The number of aryl methyl sites for hydroxylation is 2. The summed E-state index contributed by atoms with van der Waals surface area (Å²) in [6.07, 6.45) is 0. The Morgan fingerprint density at radius 2 is 1.05 bits per heavy atom. The summed E-state index contributed by atoms with van der Waals surface area (Å²) in [6.45, 7) is 6.52. The van der Waals surface area contributed by atoms with Gasteiger partial charge in [-0.2, -0.15) is 0 Å². The van der Waals surface area contributed by atoms with E-state index in [2.05, 4.69) is 170 Å². The van der Waals surface area contributed by atoms with Crippen molar-refractivity contribution in [1.82, 2.24) is 0 Å². The van der Waals surface area contributed by atoms with Crippen molar-refractivity contribution in [3.63, 3.8) is 0 Å². The van der Waals surface area contributed by atoms with Crippen molar-refractivity contribution >= 4 is 50.6 Å². The number of nitrogens with one attached hydrogen (secondary N) is 2. The number of para-hydroxylation sites is 2. The zero-order valence-electron chi connectivity index (χ0n) is 23.1. The Morgan fingerprint density at radius 1 is 0.450 bits per heavy atom. The number of benzene rings is 6. The Bertz CT molecular complexity index is 1730. The molecule has 0 aliphatic carbocycles. The van der Waals surface area contributed by atoms with E-state index in [0.29, 0.717) is 0 Å². The predicted molar refractivity (Wildman–Crippen MR) is 172 cm³/mol. The van der Waals surface area contributed by atoms with E-state index in [1.165, 1.54) is 27.5 Å². The average molecular weight is 520 g/mol. The number of anilines is 7. The molecule has 0 spiro atoms. The van der Waals surface area contributed by atoms with Gasteiger partial charge in [-0.05, 0) is 85.3 Å². The van der Waals surface area contributed by atoms with Gasteiger partial charge >= 0.3 is 0 Å². The highest BCUT2D eigenvalue weighted by atomic mass is 15.2. The van der Waals surface area contributed by atoms with E-state index < -0.39 is 0 Å². The molecule has 0 heterocycles. The molecule has 6 rings (SSSR count). The highest BCUT2D eigenvalue weighted by molar-refractivity contribution is 6.00. The fourth-order valence-corrected chi connectivity index (χ4v) is 5.28. The van der Waals surface area contributed by atoms with Crippen molar-refractivity contribution in [3.8, 4) is 0 Å². The summed E-state index contributed by atoms with van der Waals surface area (Å²) >= 11 is 0. The average Bonchev–Trinajstić information content (AvgIpc) is 2.99. The summed E-state index contributed by atoms with van der Waals surface area (Å²) in [5.41, 5.74) is 11.2. The van der Waals surface area contributed by atoms with Crippen LogP contribution in [0.25, 0.3) is 10.8 Å². The molecule has 0 amide bonds. The van der Waals surface area contributed by atoms with Crippen LogP contribution in [-0.4, -0.2) is 0 Å². The van der Waals surface area contributed by atoms with E-state index in [1.54, 1.807) is 0 Å². The van der Waals surface area contributed by atoms with Crippen LogP contribution in [-0.2, 0) is 0 Å². The molecule has 0 radical (unpaired) electrons. The maximum Gasteiger partial charge on any atom is 0.0871 e. The van der Waals surface area contributed by atoms with Gasteiger partial charge in [-0.25, -0.2) is 0 Å². The van der Waals surface area contributed by atoms with E-state index in [4.69, 9.17) is 0 Å². The number of hydrogen-bond donors (Lipinski definition) is 2. The molecule has 0 aliphatic rings. The Labute approximate surface area is 236 Å². The summed E-state index contributed by atoms with van der Waals surface area (Å²) in [5.74, 6) is 0. The van der Waals surface area contributed by atoms with Gasteiger partial charge in [0.25, 0.3) is 0 Å². The van der Waals surface area contributed by atoms with Crippen LogP contribution in [0, 0.1) is 20.8 Å². The predicted octanol–water partition coefficient (Wildman–Crippen LogP) is 10.7. The van der Waals surface area contributed by atoms with Crippen LogP contribution in [0.2, 0.25) is 0 Å². The zero-order chi connectivity index (χ0) is 27.5. The van der Waals surface area contributed by atoms with Crippen molar-refractivity contribution in [3.05, 3.63) is 150 Å². The van der Waals surface area contributed by atoms with Crippen LogP contribution < -0.4 is 15.5 Å². The Kier molecular flexibility index (Phi) is 6.95. The minimum Gasteiger partial charge on any atom is -0.353 e. The molecule has 40 heavy (non-hydrogen) atoms.